The Hall–Kier alpha value is -1.82. The first-order valence-electron chi connectivity index (χ1n) is 35.1. The average molecular weight is 1170 g/mol. The van der Waals surface area contributed by atoms with Crippen LogP contribution in [0.1, 0.15) is 378 Å². The molecule has 0 saturated carbocycles. The molecule has 2 aromatic carbocycles. The topological polar surface area (TPSA) is 25.3 Å². The van der Waals surface area contributed by atoms with Crippen molar-refractivity contribution in [2.75, 3.05) is 0 Å². The molecule has 2 nitrogen and oxygen atoms in total. The van der Waals surface area contributed by atoms with Crippen LogP contribution in [0.25, 0.3) is 16.9 Å². The molecular formula is C75H132N2Pd. The van der Waals surface area contributed by atoms with Crippen molar-refractivity contribution in [3.63, 3.8) is 0 Å². The van der Waals surface area contributed by atoms with E-state index in [1.165, 1.54) is 305 Å². The molecule has 0 radical (unpaired) electrons. The molecule has 0 amide bonds. The van der Waals surface area contributed by atoms with Gasteiger partial charge >= 0.3 is 169 Å². The molecule has 0 aromatic heterocycles. The summed E-state index contributed by atoms with van der Waals surface area (Å²) in [5.74, 6) is 0. The van der Waals surface area contributed by atoms with Crippen LogP contribution in [0.4, 0.5) is 0 Å². The van der Waals surface area contributed by atoms with Crippen molar-refractivity contribution < 1.29 is 22.7 Å². The Morgan fingerprint density at radius 3 is 0.821 bits per heavy atom. The van der Waals surface area contributed by atoms with Gasteiger partial charge in [0.1, 0.15) is 0 Å². The van der Waals surface area contributed by atoms with Gasteiger partial charge in [-0.15, -0.1) is 0 Å². The standard InChI is InChI=1S/C33H46N2.2C21H43.Pd/c1-5-9-13-23-31-30(22-12-8-4)32(28-20-14-18-26(24-28)16-10-6-2)35(34)33(31)29-21-15-19-27(25-29)17-11-7-3;2*1-3-5-7-9-11-13-15-17-19-21-20-18-16-14-12-10-8-6-4-2;/h14-15,18-21,24-25H,5-13,16-17,22-23H2,1-4H3;2*1,3-21H2,2H3;. The molecular weight excluding hydrogens is 1040 g/mol. The molecule has 0 bridgehead atoms. The Morgan fingerprint density at radius 1 is 0.282 bits per heavy atom. The van der Waals surface area contributed by atoms with Crippen LogP contribution in [0.2, 0.25) is 9.79 Å². The van der Waals surface area contributed by atoms with E-state index in [9.17, 15) is 5.53 Å². The Morgan fingerprint density at radius 2 is 0.526 bits per heavy atom. The van der Waals surface area contributed by atoms with Crippen LogP contribution in [0.15, 0.2) is 59.7 Å². The Labute approximate surface area is 497 Å². The summed E-state index contributed by atoms with van der Waals surface area (Å²) in [5.41, 5.74) is 21.6. The molecule has 0 atom stereocenters. The van der Waals surface area contributed by atoms with E-state index in [1.807, 2.05) is 0 Å². The smallest absolute Gasteiger partial charge is 0.0654 e. The van der Waals surface area contributed by atoms with Gasteiger partial charge in [-0.05, 0) is 86.8 Å². The van der Waals surface area contributed by atoms with Crippen molar-refractivity contribution in [1.82, 2.24) is 0 Å². The number of hydrogen-bond donors (Lipinski definition) is 0. The van der Waals surface area contributed by atoms with Crippen LogP contribution in [0, 0.1) is 0 Å². The minimum atomic E-state index is 1.01. The minimum Gasteiger partial charge on any atom is -0.0654 e. The zero-order chi connectivity index (χ0) is 56.0. The third-order valence-corrected chi connectivity index (χ3v) is 19.1. The van der Waals surface area contributed by atoms with Crippen LogP contribution in [0.5, 0.6) is 0 Å². The van der Waals surface area contributed by atoms with Gasteiger partial charge in [-0.2, -0.15) is 0 Å². The Bertz CT molecular complexity index is 1680. The van der Waals surface area contributed by atoms with Gasteiger partial charge in [-0.1, -0.05) is 201 Å². The maximum atomic E-state index is 11.8. The van der Waals surface area contributed by atoms with Crippen LogP contribution >= 0.6 is 0 Å². The number of rotatable bonds is 55. The van der Waals surface area contributed by atoms with Gasteiger partial charge in [0.15, 0.2) is 0 Å². The quantitative estimate of drug-likeness (QED) is 0.0358. The van der Waals surface area contributed by atoms with Gasteiger partial charge in [-0.25, -0.2) is 4.70 Å². The zero-order valence-electron chi connectivity index (χ0n) is 53.3. The summed E-state index contributed by atoms with van der Waals surface area (Å²) in [6.45, 7) is 13.6. The fourth-order valence-electron chi connectivity index (χ4n) is 11.8. The van der Waals surface area contributed by atoms with Crippen molar-refractivity contribution in [3.8, 4) is 0 Å². The van der Waals surface area contributed by atoms with Crippen LogP contribution in [-0.2, 0) is 30.8 Å². The second-order valence-corrected chi connectivity index (χ2v) is 26.7. The van der Waals surface area contributed by atoms with Crippen LogP contribution in [0.3, 0.4) is 0 Å². The van der Waals surface area contributed by atoms with Crippen molar-refractivity contribution >= 4 is 11.4 Å². The summed E-state index contributed by atoms with van der Waals surface area (Å²) in [6.07, 6.45) is 71.4. The molecule has 1 aliphatic rings. The van der Waals surface area contributed by atoms with Gasteiger partial charge in [0, 0.05) is 22.3 Å². The predicted octanol–water partition coefficient (Wildman–Crippen LogP) is 27.1. The van der Waals surface area contributed by atoms with E-state index in [0.717, 1.165) is 85.4 Å². The van der Waals surface area contributed by atoms with Crippen molar-refractivity contribution in [2.24, 2.45) is 0 Å². The third kappa shape index (κ3) is 37.3. The molecule has 0 aliphatic carbocycles. The van der Waals surface area contributed by atoms with Gasteiger partial charge < -0.3 is 5.53 Å². The summed E-state index contributed by atoms with van der Waals surface area (Å²) in [7, 11) is 0. The Kier molecular flexibility index (Phi) is 50.4. The molecule has 3 heteroatoms. The predicted molar refractivity (Wildman–Crippen MR) is 348 cm³/mol. The van der Waals surface area contributed by atoms with E-state index in [1.54, 1.807) is 14.5 Å². The summed E-state index contributed by atoms with van der Waals surface area (Å²) in [5, 5.41) is 0. The second-order valence-electron chi connectivity index (χ2n) is 24.3. The fraction of sp³-hybridized carbons (Fsp3) is 0.787. The zero-order valence-corrected chi connectivity index (χ0v) is 54.9. The van der Waals surface area contributed by atoms with Gasteiger partial charge in [-0.3, -0.25) is 0 Å². The summed E-state index contributed by atoms with van der Waals surface area (Å²) >= 11 is 1.06. The van der Waals surface area contributed by atoms with Crippen LogP contribution < -0.4 is 0 Å². The third-order valence-electron chi connectivity index (χ3n) is 16.9. The molecule has 0 saturated heterocycles. The molecule has 3 rings (SSSR count). The molecule has 78 heavy (non-hydrogen) atoms. The molecule has 2 aromatic rings. The average Bonchev–Trinajstić information content (AvgIpc) is 3.98. The van der Waals surface area contributed by atoms with Crippen LogP contribution in [-0.4, -0.2) is 4.70 Å². The molecule has 1 heterocycles. The monoisotopic (exact) mass is 1170 g/mol. The molecule has 1 aliphatic heterocycles. The maximum absolute atomic E-state index is 11.8. The number of unbranched alkanes of at least 4 members (excludes halogenated alkanes) is 41. The summed E-state index contributed by atoms with van der Waals surface area (Å²) in [4.78, 5) is 3.10. The van der Waals surface area contributed by atoms with E-state index in [2.05, 4.69) is 90.1 Å². The fourth-order valence-corrected chi connectivity index (χ4v) is 13.7. The Balaban J connectivity index is 0.000000543. The molecule has 0 fully saturated rings. The first-order chi connectivity index (χ1) is 38.6. The number of nitrogens with zero attached hydrogens (tertiary/aromatic N) is 2. The van der Waals surface area contributed by atoms with Gasteiger partial charge in [0.25, 0.3) is 0 Å². The van der Waals surface area contributed by atoms with E-state index in [-0.39, 0.29) is 0 Å². The van der Waals surface area contributed by atoms with Crippen molar-refractivity contribution in [3.05, 3.63) is 87.5 Å². The van der Waals surface area contributed by atoms with Crippen molar-refractivity contribution in [1.29, 1.82) is 0 Å². The second kappa shape index (κ2) is 54.4. The van der Waals surface area contributed by atoms with Gasteiger partial charge in [0.05, 0.1) is 0 Å². The van der Waals surface area contributed by atoms with E-state index >= 15 is 0 Å². The molecule has 0 unspecified atom stereocenters. The number of aryl methyl sites for hydroxylation is 2. The SMILES string of the molecule is CCCCCC1=C(c2cccc(CCCC)c2)[N+](=[N-])C(c2cccc(CCCC)c2)=C1CCCC.CCCCCCCCCCCCCCCCCCCC[CH2][Pd][CH2]CCCCCCCCCCCCCCCCCCCC. The molecule has 0 N–H and O–H groups in total. The number of allylic oxidation sites excluding steroid dienone is 2. The number of hydrogen-bond acceptors (Lipinski definition) is 0. The minimum absolute atomic E-state index is 1.01. The summed E-state index contributed by atoms with van der Waals surface area (Å²) < 4.78 is 1.55. The molecule has 452 valence electrons. The normalized spacial score (nSPS) is 12.7. The first-order valence-corrected chi connectivity index (χ1v) is 37.3. The van der Waals surface area contributed by atoms with E-state index in [0.29, 0.717) is 0 Å². The van der Waals surface area contributed by atoms with E-state index < -0.39 is 0 Å². The number of benzene rings is 2. The van der Waals surface area contributed by atoms with Crippen molar-refractivity contribution in [2.45, 2.75) is 379 Å². The molecule has 0 spiro atoms. The summed E-state index contributed by atoms with van der Waals surface area (Å²) in [6, 6.07) is 17.8. The van der Waals surface area contributed by atoms with Gasteiger partial charge in [0.2, 0.25) is 11.4 Å². The van der Waals surface area contributed by atoms with E-state index in [4.69, 9.17) is 0 Å². The first kappa shape index (κ1) is 72.3.